The Labute approximate surface area is 117 Å². The van der Waals surface area contributed by atoms with Crippen molar-refractivity contribution in [3.63, 3.8) is 0 Å². The molecule has 2 heteroatoms. The average Bonchev–Trinajstić information content (AvgIpc) is 2.37. The van der Waals surface area contributed by atoms with Gasteiger partial charge >= 0.3 is 0 Å². The van der Waals surface area contributed by atoms with E-state index in [1.165, 1.54) is 22.4 Å². The maximum Gasteiger partial charge on any atom is 0.0404 e. The van der Waals surface area contributed by atoms with Crippen LogP contribution in [0.4, 0.5) is 5.69 Å². The van der Waals surface area contributed by atoms with Crippen LogP contribution >= 0.6 is 15.9 Å². The van der Waals surface area contributed by atoms with Gasteiger partial charge in [-0.2, -0.15) is 0 Å². The van der Waals surface area contributed by atoms with Crippen LogP contribution in [0, 0.1) is 6.92 Å². The normalized spacial score (nSPS) is 10.4. The lowest BCUT2D eigenvalue weighted by atomic mass is 10.1. The Hall–Kier alpha value is -1.28. The molecule has 0 saturated heterocycles. The lowest BCUT2D eigenvalue weighted by Crippen LogP contribution is -2.04. The Morgan fingerprint density at radius 2 is 1.89 bits per heavy atom. The molecular formula is C16H18BrN. The second kappa shape index (κ2) is 6.05. The Balaban J connectivity index is 2.15. The number of nitrogens with one attached hydrogen (secondary N) is 1. The van der Waals surface area contributed by atoms with E-state index in [0.29, 0.717) is 0 Å². The maximum absolute atomic E-state index is 3.56. The maximum atomic E-state index is 3.56. The van der Waals surface area contributed by atoms with Crippen molar-refractivity contribution in [1.29, 1.82) is 0 Å². The molecule has 0 aliphatic rings. The summed E-state index contributed by atoms with van der Waals surface area (Å²) in [6.07, 6.45) is 1.06. The minimum Gasteiger partial charge on any atom is -0.381 e. The van der Waals surface area contributed by atoms with Crippen LogP contribution in [0.1, 0.15) is 23.6 Å². The Kier molecular flexibility index (Phi) is 4.43. The second-order valence-corrected chi connectivity index (χ2v) is 5.36. The van der Waals surface area contributed by atoms with Gasteiger partial charge < -0.3 is 5.32 Å². The molecule has 2 aromatic carbocycles. The summed E-state index contributed by atoms with van der Waals surface area (Å²) in [4.78, 5) is 0. The fourth-order valence-electron chi connectivity index (χ4n) is 2.11. The van der Waals surface area contributed by atoms with Crippen molar-refractivity contribution < 1.29 is 0 Å². The van der Waals surface area contributed by atoms with E-state index in [0.717, 1.165) is 17.4 Å². The molecule has 0 unspecified atom stereocenters. The molecule has 0 radical (unpaired) electrons. The minimum atomic E-state index is 0.858. The van der Waals surface area contributed by atoms with Crippen LogP contribution in [0.3, 0.4) is 0 Å². The highest BCUT2D eigenvalue weighted by molar-refractivity contribution is 9.10. The molecule has 0 amide bonds. The van der Waals surface area contributed by atoms with Crippen LogP contribution in [0.5, 0.6) is 0 Å². The zero-order chi connectivity index (χ0) is 13.0. The Morgan fingerprint density at radius 3 is 2.61 bits per heavy atom. The molecular weight excluding hydrogens is 286 g/mol. The molecule has 1 N–H and O–H groups in total. The van der Waals surface area contributed by atoms with Gasteiger partial charge in [-0.05, 0) is 42.2 Å². The third-order valence-electron chi connectivity index (χ3n) is 3.10. The SMILES string of the molecule is CCc1cccc(C)c1NCc1cccc(Br)c1. The van der Waals surface area contributed by atoms with E-state index in [1.807, 2.05) is 0 Å². The van der Waals surface area contributed by atoms with E-state index in [-0.39, 0.29) is 0 Å². The van der Waals surface area contributed by atoms with Crippen molar-refractivity contribution in [3.05, 3.63) is 63.6 Å². The van der Waals surface area contributed by atoms with E-state index in [9.17, 15) is 0 Å². The lowest BCUT2D eigenvalue weighted by Gasteiger charge is -2.14. The van der Waals surface area contributed by atoms with Crippen molar-refractivity contribution >= 4 is 21.6 Å². The van der Waals surface area contributed by atoms with Crippen molar-refractivity contribution in [3.8, 4) is 0 Å². The molecule has 0 heterocycles. The Bertz CT molecular complexity index is 534. The topological polar surface area (TPSA) is 12.0 Å². The summed E-state index contributed by atoms with van der Waals surface area (Å²) in [5.74, 6) is 0. The largest absolute Gasteiger partial charge is 0.381 e. The van der Waals surface area contributed by atoms with E-state index < -0.39 is 0 Å². The van der Waals surface area contributed by atoms with Crippen molar-refractivity contribution in [1.82, 2.24) is 0 Å². The van der Waals surface area contributed by atoms with Gasteiger partial charge in [0.15, 0.2) is 0 Å². The van der Waals surface area contributed by atoms with E-state index in [4.69, 9.17) is 0 Å². The van der Waals surface area contributed by atoms with Gasteiger partial charge in [-0.1, -0.05) is 53.2 Å². The first-order chi connectivity index (χ1) is 8.70. The predicted octanol–water partition coefficient (Wildman–Crippen LogP) is 4.93. The van der Waals surface area contributed by atoms with Crippen LogP contribution in [0.15, 0.2) is 46.9 Å². The summed E-state index contributed by atoms with van der Waals surface area (Å²) in [5, 5.41) is 3.56. The number of aryl methyl sites for hydroxylation is 2. The number of rotatable bonds is 4. The van der Waals surface area contributed by atoms with E-state index in [1.54, 1.807) is 0 Å². The van der Waals surface area contributed by atoms with Gasteiger partial charge in [0.25, 0.3) is 0 Å². The van der Waals surface area contributed by atoms with Gasteiger partial charge in [0.2, 0.25) is 0 Å². The molecule has 94 valence electrons. The van der Waals surface area contributed by atoms with Gasteiger partial charge in [0.05, 0.1) is 0 Å². The van der Waals surface area contributed by atoms with Crippen molar-refractivity contribution in [2.45, 2.75) is 26.8 Å². The summed E-state index contributed by atoms with van der Waals surface area (Å²) < 4.78 is 1.13. The first kappa shape index (κ1) is 13.2. The third kappa shape index (κ3) is 3.14. The number of hydrogen-bond donors (Lipinski definition) is 1. The Morgan fingerprint density at radius 1 is 1.11 bits per heavy atom. The van der Waals surface area contributed by atoms with Crippen LogP contribution in [0.2, 0.25) is 0 Å². The predicted molar refractivity (Wildman–Crippen MR) is 82.0 cm³/mol. The number of hydrogen-bond acceptors (Lipinski definition) is 1. The van der Waals surface area contributed by atoms with E-state index >= 15 is 0 Å². The first-order valence-electron chi connectivity index (χ1n) is 6.27. The van der Waals surface area contributed by atoms with Crippen LogP contribution in [-0.2, 0) is 13.0 Å². The fourth-order valence-corrected chi connectivity index (χ4v) is 2.56. The minimum absolute atomic E-state index is 0.858. The number of anilines is 1. The highest BCUT2D eigenvalue weighted by Crippen LogP contribution is 2.22. The molecule has 2 rings (SSSR count). The highest BCUT2D eigenvalue weighted by atomic mass is 79.9. The van der Waals surface area contributed by atoms with E-state index in [2.05, 4.69) is 77.6 Å². The highest BCUT2D eigenvalue weighted by Gasteiger charge is 2.03. The number of halogens is 1. The fraction of sp³-hybridized carbons (Fsp3) is 0.250. The molecule has 0 spiro atoms. The molecule has 18 heavy (non-hydrogen) atoms. The molecule has 0 bridgehead atoms. The third-order valence-corrected chi connectivity index (χ3v) is 3.59. The van der Waals surface area contributed by atoms with Crippen molar-refractivity contribution in [2.24, 2.45) is 0 Å². The summed E-state index contributed by atoms with van der Waals surface area (Å²) in [7, 11) is 0. The molecule has 0 saturated carbocycles. The standard InChI is InChI=1S/C16H18BrN/c1-3-14-8-4-6-12(2)16(14)18-11-13-7-5-9-15(17)10-13/h4-10,18H,3,11H2,1-2H3. The molecule has 1 nitrogen and oxygen atoms in total. The van der Waals surface area contributed by atoms with Gasteiger partial charge in [0, 0.05) is 16.7 Å². The van der Waals surface area contributed by atoms with Gasteiger partial charge in [0.1, 0.15) is 0 Å². The number of benzene rings is 2. The zero-order valence-electron chi connectivity index (χ0n) is 10.8. The van der Waals surface area contributed by atoms with Crippen LogP contribution < -0.4 is 5.32 Å². The monoisotopic (exact) mass is 303 g/mol. The number of para-hydroxylation sites is 1. The second-order valence-electron chi connectivity index (χ2n) is 4.45. The van der Waals surface area contributed by atoms with Crippen LogP contribution in [0.25, 0.3) is 0 Å². The lowest BCUT2D eigenvalue weighted by molar-refractivity contribution is 1.08. The summed E-state index contributed by atoms with van der Waals surface area (Å²) in [6, 6.07) is 14.9. The summed E-state index contributed by atoms with van der Waals surface area (Å²) in [6.45, 7) is 5.21. The molecule has 0 aliphatic heterocycles. The van der Waals surface area contributed by atoms with Crippen molar-refractivity contribution in [2.75, 3.05) is 5.32 Å². The first-order valence-corrected chi connectivity index (χ1v) is 7.07. The summed E-state index contributed by atoms with van der Waals surface area (Å²) >= 11 is 3.50. The smallest absolute Gasteiger partial charge is 0.0404 e. The average molecular weight is 304 g/mol. The van der Waals surface area contributed by atoms with Crippen LogP contribution in [-0.4, -0.2) is 0 Å². The molecule has 0 aromatic heterocycles. The molecule has 0 fully saturated rings. The zero-order valence-corrected chi connectivity index (χ0v) is 12.4. The van der Waals surface area contributed by atoms with Gasteiger partial charge in [-0.15, -0.1) is 0 Å². The molecule has 0 aliphatic carbocycles. The summed E-state index contributed by atoms with van der Waals surface area (Å²) in [5.41, 5.74) is 5.25. The molecule has 2 aromatic rings. The van der Waals surface area contributed by atoms with Gasteiger partial charge in [-0.3, -0.25) is 0 Å². The quantitative estimate of drug-likeness (QED) is 0.844. The molecule has 0 atom stereocenters. The van der Waals surface area contributed by atoms with Gasteiger partial charge in [-0.25, -0.2) is 0 Å².